The second kappa shape index (κ2) is 13.7. The van der Waals surface area contributed by atoms with Crippen molar-refractivity contribution in [2.75, 3.05) is 32.1 Å². The molecule has 40 heavy (non-hydrogen) atoms. The summed E-state index contributed by atoms with van der Waals surface area (Å²) in [5.74, 6) is -4.83. The lowest BCUT2D eigenvalue weighted by Crippen LogP contribution is -2.33. The van der Waals surface area contributed by atoms with Crippen LogP contribution in [0.25, 0.3) is 0 Å². The van der Waals surface area contributed by atoms with Crippen molar-refractivity contribution in [1.29, 1.82) is 0 Å². The van der Waals surface area contributed by atoms with Crippen molar-refractivity contribution in [3.05, 3.63) is 59.9 Å². The van der Waals surface area contributed by atoms with Crippen molar-refractivity contribution < 1.29 is 60.0 Å². The minimum atomic E-state index is -5.08. The van der Waals surface area contributed by atoms with Gasteiger partial charge in [-0.05, 0) is 48.4 Å². The van der Waals surface area contributed by atoms with Crippen molar-refractivity contribution in [3.8, 4) is 5.75 Å². The zero-order valence-corrected chi connectivity index (χ0v) is 21.1. The molecule has 0 bridgehead atoms. The number of nitrogens with one attached hydrogen (secondary N) is 1. The standard InChI is InChI=1S/C21H25FN2O2.2C2HF3O2/c1-25-20-8-6-18(7-9-20)23-19-12-21(26-14-19)10-11-24(15-21)13-16-2-4-17(22)5-3-16;2*3-2(4,5)1(6)7/h2-9,19,23H,10-15H2,1H3;2*(H,6,7). The van der Waals surface area contributed by atoms with E-state index in [-0.39, 0.29) is 11.4 Å². The lowest BCUT2D eigenvalue weighted by molar-refractivity contribution is -0.193. The summed E-state index contributed by atoms with van der Waals surface area (Å²) < 4.78 is 88.0. The van der Waals surface area contributed by atoms with Crippen LogP contribution >= 0.6 is 0 Å². The van der Waals surface area contributed by atoms with Gasteiger partial charge in [0.2, 0.25) is 0 Å². The minimum Gasteiger partial charge on any atom is -0.497 e. The normalized spacial score (nSPS) is 20.6. The lowest BCUT2D eigenvalue weighted by atomic mass is 9.97. The first-order chi connectivity index (χ1) is 18.5. The Hall–Kier alpha value is -3.59. The summed E-state index contributed by atoms with van der Waals surface area (Å²) in [6, 6.07) is 15.1. The van der Waals surface area contributed by atoms with Crippen LogP contribution in [0.3, 0.4) is 0 Å². The van der Waals surface area contributed by atoms with Crippen LogP contribution in [0.2, 0.25) is 0 Å². The van der Waals surface area contributed by atoms with E-state index in [1.54, 1.807) is 7.11 Å². The molecule has 2 aromatic carbocycles. The Balaban J connectivity index is 0.000000333. The molecule has 2 aliphatic heterocycles. The average molecular weight is 584 g/mol. The number of anilines is 1. The number of hydrogen-bond donors (Lipinski definition) is 3. The van der Waals surface area contributed by atoms with Gasteiger partial charge in [0, 0.05) is 31.7 Å². The second-order valence-corrected chi connectivity index (χ2v) is 8.96. The number of methoxy groups -OCH3 is 1. The summed E-state index contributed by atoms with van der Waals surface area (Å²) in [4.78, 5) is 20.2. The third-order valence-corrected chi connectivity index (χ3v) is 5.87. The van der Waals surface area contributed by atoms with Crippen LogP contribution in [0.4, 0.5) is 36.4 Å². The van der Waals surface area contributed by atoms with Crippen molar-refractivity contribution in [1.82, 2.24) is 4.90 Å². The quantitative estimate of drug-likeness (QED) is 0.424. The summed E-state index contributed by atoms with van der Waals surface area (Å²) in [5, 5.41) is 17.8. The highest BCUT2D eigenvalue weighted by Gasteiger charge is 2.45. The Morgan fingerprint density at radius 3 is 2.00 bits per heavy atom. The lowest BCUT2D eigenvalue weighted by Gasteiger charge is -2.23. The van der Waals surface area contributed by atoms with Crippen molar-refractivity contribution in [3.63, 3.8) is 0 Å². The summed E-state index contributed by atoms with van der Waals surface area (Å²) in [6.45, 7) is 3.54. The highest BCUT2D eigenvalue weighted by atomic mass is 19.4. The van der Waals surface area contributed by atoms with E-state index in [2.05, 4.69) is 10.2 Å². The number of halogens is 7. The molecule has 8 nitrogen and oxygen atoms in total. The fourth-order valence-electron chi connectivity index (χ4n) is 4.05. The largest absolute Gasteiger partial charge is 0.497 e. The summed E-state index contributed by atoms with van der Waals surface area (Å²) in [5.41, 5.74) is 2.19. The smallest absolute Gasteiger partial charge is 0.490 e. The van der Waals surface area contributed by atoms with E-state index < -0.39 is 24.3 Å². The molecule has 2 fully saturated rings. The van der Waals surface area contributed by atoms with E-state index in [0.29, 0.717) is 6.04 Å². The van der Waals surface area contributed by atoms with Gasteiger partial charge in [-0.1, -0.05) is 12.1 Å². The maximum atomic E-state index is 13.1. The number of hydrogen-bond acceptors (Lipinski definition) is 6. The van der Waals surface area contributed by atoms with Gasteiger partial charge >= 0.3 is 24.3 Å². The van der Waals surface area contributed by atoms with Gasteiger partial charge in [0.1, 0.15) is 11.6 Å². The van der Waals surface area contributed by atoms with Gasteiger partial charge in [-0.25, -0.2) is 14.0 Å². The van der Waals surface area contributed by atoms with Crippen LogP contribution in [0.5, 0.6) is 5.75 Å². The molecule has 1 spiro atoms. The van der Waals surface area contributed by atoms with Gasteiger partial charge in [-0.2, -0.15) is 26.3 Å². The molecule has 2 aliphatic rings. The molecule has 0 aromatic heterocycles. The molecule has 2 unspecified atom stereocenters. The number of carboxylic acids is 2. The molecule has 4 rings (SSSR count). The molecule has 0 aliphatic carbocycles. The van der Waals surface area contributed by atoms with Crippen molar-refractivity contribution in [2.45, 2.75) is 43.4 Å². The third-order valence-electron chi connectivity index (χ3n) is 5.87. The molecule has 2 aromatic rings. The second-order valence-electron chi connectivity index (χ2n) is 8.96. The van der Waals surface area contributed by atoms with Crippen LogP contribution in [0, 0.1) is 5.82 Å². The van der Waals surface area contributed by atoms with Crippen LogP contribution in [-0.4, -0.2) is 77.9 Å². The predicted octanol–water partition coefficient (Wildman–Crippen LogP) is 4.95. The minimum absolute atomic E-state index is 0.0514. The van der Waals surface area contributed by atoms with Crippen LogP contribution < -0.4 is 10.1 Å². The van der Waals surface area contributed by atoms with E-state index in [4.69, 9.17) is 29.3 Å². The number of nitrogens with zero attached hydrogens (tertiary/aromatic N) is 1. The topological polar surface area (TPSA) is 108 Å². The van der Waals surface area contributed by atoms with E-state index >= 15 is 0 Å². The summed E-state index contributed by atoms with van der Waals surface area (Å²) in [6.07, 6.45) is -8.10. The molecule has 0 amide bonds. The molecular weight excluding hydrogens is 557 g/mol. The first-order valence-electron chi connectivity index (χ1n) is 11.6. The average Bonchev–Trinajstić information content (AvgIpc) is 3.45. The number of benzene rings is 2. The summed E-state index contributed by atoms with van der Waals surface area (Å²) >= 11 is 0. The molecule has 0 radical (unpaired) electrons. The number of aliphatic carboxylic acids is 2. The maximum absolute atomic E-state index is 13.1. The van der Waals surface area contributed by atoms with Gasteiger partial charge in [0.15, 0.2) is 0 Å². The number of carboxylic acid groups (broad SMARTS) is 2. The van der Waals surface area contributed by atoms with Crippen LogP contribution in [0.1, 0.15) is 18.4 Å². The molecule has 0 saturated carbocycles. The first-order valence-corrected chi connectivity index (χ1v) is 11.6. The SMILES string of the molecule is COc1ccc(NC2COC3(CCN(Cc4ccc(F)cc4)C3)C2)cc1.O=C(O)C(F)(F)F.O=C(O)C(F)(F)F. The Kier molecular flexibility index (Phi) is 11.1. The Bertz CT molecular complexity index is 1090. The Morgan fingerprint density at radius 2 is 1.52 bits per heavy atom. The third kappa shape index (κ3) is 10.5. The number of likely N-dealkylation sites (tertiary alicyclic amines) is 1. The van der Waals surface area contributed by atoms with Gasteiger partial charge in [-0.15, -0.1) is 0 Å². The molecule has 222 valence electrons. The van der Waals surface area contributed by atoms with Gasteiger partial charge in [0.25, 0.3) is 0 Å². The molecular formula is C25H27F7N2O6. The van der Waals surface area contributed by atoms with Gasteiger partial charge < -0.3 is 25.0 Å². The van der Waals surface area contributed by atoms with Crippen molar-refractivity contribution in [2.24, 2.45) is 0 Å². The predicted molar refractivity (Wildman–Crippen MR) is 127 cm³/mol. The highest BCUT2D eigenvalue weighted by molar-refractivity contribution is 5.73. The molecule has 2 heterocycles. The number of carbonyl (C=O) groups is 2. The monoisotopic (exact) mass is 584 g/mol. The Morgan fingerprint density at radius 1 is 1.00 bits per heavy atom. The number of rotatable bonds is 5. The van der Waals surface area contributed by atoms with Gasteiger partial charge in [0.05, 0.1) is 25.4 Å². The van der Waals surface area contributed by atoms with Crippen molar-refractivity contribution >= 4 is 17.6 Å². The van der Waals surface area contributed by atoms with E-state index in [1.807, 2.05) is 36.4 Å². The van der Waals surface area contributed by atoms with E-state index in [9.17, 15) is 30.7 Å². The fraction of sp³-hybridized carbons (Fsp3) is 0.440. The number of alkyl halides is 6. The van der Waals surface area contributed by atoms with Crippen LogP contribution in [-0.2, 0) is 20.9 Å². The van der Waals surface area contributed by atoms with E-state index in [0.717, 1.165) is 56.1 Å². The number of ether oxygens (including phenoxy) is 2. The fourth-order valence-corrected chi connectivity index (χ4v) is 4.05. The summed E-state index contributed by atoms with van der Waals surface area (Å²) in [7, 11) is 1.68. The highest BCUT2D eigenvalue weighted by Crippen LogP contribution is 2.36. The zero-order valence-electron chi connectivity index (χ0n) is 21.1. The molecule has 2 saturated heterocycles. The molecule has 2 atom stereocenters. The van der Waals surface area contributed by atoms with E-state index in [1.165, 1.54) is 12.1 Å². The molecule has 3 N–H and O–H groups in total. The van der Waals surface area contributed by atoms with Crippen LogP contribution in [0.15, 0.2) is 48.5 Å². The zero-order chi connectivity index (χ0) is 30.1. The maximum Gasteiger partial charge on any atom is 0.490 e. The van der Waals surface area contributed by atoms with Gasteiger partial charge in [-0.3, -0.25) is 4.90 Å². The first kappa shape index (κ1) is 32.6. The Labute approximate surface area is 224 Å². The molecule has 15 heteroatoms.